The molecule has 0 aliphatic carbocycles. The number of aryl methyl sites for hydroxylation is 1. The molecule has 3 rings (SSSR count). The van der Waals surface area contributed by atoms with Crippen molar-refractivity contribution in [1.82, 2.24) is 14.8 Å². The van der Waals surface area contributed by atoms with Crippen LogP contribution in [0.1, 0.15) is 26.6 Å². The highest BCUT2D eigenvalue weighted by Gasteiger charge is 2.22. The van der Waals surface area contributed by atoms with E-state index in [4.69, 9.17) is 4.74 Å². The van der Waals surface area contributed by atoms with E-state index in [-0.39, 0.29) is 5.91 Å². The van der Waals surface area contributed by atoms with Crippen LogP contribution in [0.2, 0.25) is 0 Å². The standard InChI is InChI=1S/C18H23N3O2S/c1-14-19-17(13-24-14)11-20-6-8-21(9-7-20)18(22)16-5-3-4-15(10-16)12-23-2/h3-5,10,13H,6-9,11-12H2,1-2H3. The van der Waals surface area contributed by atoms with Gasteiger partial charge in [-0.2, -0.15) is 0 Å². The number of piperazine rings is 1. The number of benzene rings is 1. The summed E-state index contributed by atoms with van der Waals surface area (Å²) in [6.07, 6.45) is 0. The van der Waals surface area contributed by atoms with Crippen LogP contribution in [0.4, 0.5) is 0 Å². The Kier molecular flexibility index (Phi) is 5.60. The molecule has 0 atom stereocenters. The molecule has 1 aliphatic rings. The number of carbonyl (C=O) groups excluding carboxylic acids is 1. The second-order valence-electron chi connectivity index (χ2n) is 6.06. The van der Waals surface area contributed by atoms with E-state index in [1.807, 2.05) is 36.1 Å². The van der Waals surface area contributed by atoms with Crippen LogP contribution in [-0.4, -0.2) is 54.0 Å². The lowest BCUT2D eigenvalue weighted by molar-refractivity contribution is 0.0627. The van der Waals surface area contributed by atoms with Gasteiger partial charge in [-0.05, 0) is 24.6 Å². The van der Waals surface area contributed by atoms with Crippen LogP contribution in [0.5, 0.6) is 0 Å². The Morgan fingerprint density at radius 1 is 1.29 bits per heavy atom. The van der Waals surface area contributed by atoms with E-state index in [2.05, 4.69) is 15.3 Å². The minimum Gasteiger partial charge on any atom is -0.380 e. The largest absolute Gasteiger partial charge is 0.380 e. The third-order valence-electron chi connectivity index (χ3n) is 4.20. The van der Waals surface area contributed by atoms with Crippen molar-refractivity contribution in [1.29, 1.82) is 0 Å². The van der Waals surface area contributed by atoms with E-state index in [0.717, 1.165) is 54.6 Å². The predicted molar refractivity (Wildman–Crippen MR) is 95.2 cm³/mol. The predicted octanol–water partition coefficient (Wildman–Crippen LogP) is 2.56. The Morgan fingerprint density at radius 3 is 2.75 bits per heavy atom. The molecule has 24 heavy (non-hydrogen) atoms. The summed E-state index contributed by atoms with van der Waals surface area (Å²) in [7, 11) is 1.66. The van der Waals surface area contributed by atoms with Crippen LogP contribution in [-0.2, 0) is 17.9 Å². The van der Waals surface area contributed by atoms with Crippen molar-refractivity contribution < 1.29 is 9.53 Å². The normalized spacial score (nSPS) is 15.7. The maximum absolute atomic E-state index is 12.7. The fourth-order valence-electron chi connectivity index (χ4n) is 2.96. The third-order valence-corrected chi connectivity index (χ3v) is 5.02. The molecule has 2 aromatic rings. The molecule has 5 nitrogen and oxygen atoms in total. The van der Waals surface area contributed by atoms with Gasteiger partial charge in [0.05, 0.1) is 17.3 Å². The van der Waals surface area contributed by atoms with Crippen LogP contribution in [0, 0.1) is 6.92 Å². The highest BCUT2D eigenvalue weighted by atomic mass is 32.1. The van der Waals surface area contributed by atoms with E-state index >= 15 is 0 Å². The molecule has 0 unspecified atom stereocenters. The molecule has 0 bridgehead atoms. The second kappa shape index (κ2) is 7.88. The van der Waals surface area contributed by atoms with Gasteiger partial charge in [0.1, 0.15) is 0 Å². The number of rotatable bonds is 5. The van der Waals surface area contributed by atoms with Crippen molar-refractivity contribution in [2.45, 2.75) is 20.1 Å². The van der Waals surface area contributed by atoms with Crippen molar-refractivity contribution in [2.75, 3.05) is 33.3 Å². The zero-order chi connectivity index (χ0) is 16.9. The molecule has 1 aliphatic heterocycles. The summed E-state index contributed by atoms with van der Waals surface area (Å²) in [5.41, 5.74) is 2.90. The molecule has 0 N–H and O–H groups in total. The van der Waals surface area contributed by atoms with Crippen molar-refractivity contribution in [3.05, 3.63) is 51.5 Å². The summed E-state index contributed by atoms with van der Waals surface area (Å²) in [5, 5.41) is 3.23. The summed E-state index contributed by atoms with van der Waals surface area (Å²) in [6, 6.07) is 7.71. The van der Waals surface area contributed by atoms with Gasteiger partial charge in [-0.3, -0.25) is 9.69 Å². The van der Waals surface area contributed by atoms with Crippen LogP contribution in [0.25, 0.3) is 0 Å². The van der Waals surface area contributed by atoms with Crippen molar-refractivity contribution in [3.63, 3.8) is 0 Å². The topological polar surface area (TPSA) is 45.7 Å². The summed E-state index contributed by atoms with van der Waals surface area (Å²) in [6.45, 7) is 6.73. The van der Waals surface area contributed by atoms with Crippen LogP contribution in [0.3, 0.4) is 0 Å². The van der Waals surface area contributed by atoms with Crippen molar-refractivity contribution >= 4 is 17.2 Å². The maximum Gasteiger partial charge on any atom is 0.253 e. The molecule has 2 heterocycles. The molecule has 1 aromatic heterocycles. The van der Waals surface area contributed by atoms with Gasteiger partial charge in [0.25, 0.3) is 5.91 Å². The highest BCUT2D eigenvalue weighted by Crippen LogP contribution is 2.14. The highest BCUT2D eigenvalue weighted by molar-refractivity contribution is 7.09. The Bertz CT molecular complexity index is 693. The van der Waals surface area contributed by atoms with Gasteiger partial charge in [0.2, 0.25) is 0 Å². The zero-order valence-electron chi connectivity index (χ0n) is 14.2. The molecule has 128 valence electrons. The number of hydrogen-bond acceptors (Lipinski definition) is 5. The zero-order valence-corrected chi connectivity index (χ0v) is 15.0. The number of carbonyl (C=O) groups is 1. The number of amides is 1. The lowest BCUT2D eigenvalue weighted by atomic mass is 10.1. The van der Waals surface area contributed by atoms with Gasteiger partial charge >= 0.3 is 0 Å². The Hall–Kier alpha value is -1.76. The van der Waals surface area contributed by atoms with Gasteiger partial charge in [-0.25, -0.2) is 4.98 Å². The van der Waals surface area contributed by atoms with Gasteiger partial charge in [-0.15, -0.1) is 11.3 Å². The van der Waals surface area contributed by atoms with Gasteiger partial charge in [0.15, 0.2) is 0 Å². The van der Waals surface area contributed by atoms with Crippen LogP contribution in [0.15, 0.2) is 29.6 Å². The molecular formula is C18H23N3O2S. The minimum absolute atomic E-state index is 0.108. The quantitative estimate of drug-likeness (QED) is 0.835. The lowest BCUT2D eigenvalue weighted by Gasteiger charge is -2.34. The number of aromatic nitrogens is 1. The minimum atomic E-state index is 0.108. The summed E-state index contributed by atoms with van der Waals surface area (Å²) < 4.78 is 5.14. The lowest BCUT2D eigenvalue weighted by Crippen LogP contribution is -2.48. The summed E-state index contributed by atoms with van der Waals surface area (Å²) >= 11 is 1.69. The van der Waals surface area contributed by atoms with E-state index in [1.165, 1.54) is 0 Å². The van der Waals surface area contributed by atoms with Crippen LogP contribution < -0.4 is 0 Å². The van der Waals surface area contributed by atoms with Crippen LogP contribution >= 0.6 is 11.3 Å². The molecule has 1 fully saturated rings. The van der Waals surface area contributed by atoms with Crippen molar-refractivity contribution in [2.24, 2.45) is 0 Å². The van der Waals surface area contributed by atoms with Gasteiger partial charge in [0, 0.05) is 50.8 Å². The number of nitrogens with zero attached hydrogens (tertiary/aromatic N) is 3. The molecule has 1 saturated heterocycles. The molecular weight excluding hydrogens is 322 g/mol. The smallest absolute Gasteiger partial charge is 0.253 e. The van der Waals surface area contributed by atoms with Crippen molar-refractivity contribution in [3.8, 4) is 0 Å². The Morgan fingerprint density at radius 2 is 2.08 bits per heavy atom. The number of thiazole rings is 1. The van der Waals surface area contributed by atoms with E-state index in [1.54, 1.807) is 18.4 Å². The van der Waals surface area contributed by atoms with Gasteiger partial charge < -0.3 is 9.64 Å². The first kappa shape index (κ1) is 17.1. The molecule has 1 aromatic carbocycles. The van der Waals surface area contributed by atoms with E-state index in [0.29, 0.717) is 6.61 Å². The van der Waals surface area contributed by atoms with E-state index < -0.39 is 0 Å². The average molecular weight is 345 g/mol. The SMILES string of the molecule is COCc1cccc(C(=O)N2CCN(Cc3csc(C)n3)CC2)c1. The van der Waals surface area contributed by atoms with E-state index in [9.17, 15) is 4.79 Å². The van der Waals surface area contributed by atoms with Gasteiger partial charge in [-0.1, -0.05) is 12.1 Å². The third kappa shape index (κ3) is 4.20. The molecule has 0 radical (unpaired) electrons. The first-order valence-corrected chi connectivity index (χ1v) is 9.04. The Balaban J connectivity index is 1.56. The summed E-state index contributed by atoms with van der Waals surface area (Å²) in [4.78, 5) is 21.5. The molecule has 1 amide bonds. The fourth-order valence-corrected chi connectivity index (χ4v) is 3.57. The first-order chi connectivity index (χ1) is 11.7. The maximum atomic E-state index is 12.7. The Labute approximate surface area is 146 Å². The number of methoxy groups -OCH3 is 1. The fraction of sp³-hybridized carbons (Fsp3) is 0.444. The molecule has 0 saturated carbocycles. The summed E-state index contributed by atoms with van der Waals surface area (Å²) in [5.74, 6) is 0.108. The second-order valence-corrected chi connectivity index (χ2v) is 7.12. The molecule has 0 spiro atoms. The monoisotopic (exact) mass is 345 g/mol. The number of ether oxygens (including phenoxy) is 1. The average Bonchev–Trinajstić information content (AvgIpc) is 3.00. The molecule has 6 heteroatoms. The first-order valence-electron chi connectivity index (χ1n) is 8.16. The number of hydrogen-bond donors (Lipinski definition) is 0.